The van der Waals surface area contributed by atoms with Gasteiger partial charge < -0.3 is 14.7 Å². The van der Waals surface area contributed by atoms with Gasteiger partial charge in [0.25, 0.3) is 0 Å². The minimum absolute atomic E-state index is 0.144. The maximum absolute atomic E-state index is 13.0. The zero-order chi connectivity index (χ0) is 20.4. The fourth-order valence-electron chi connectivity index (χ4n) is 3.59. The van der Waals surface area contributed by atoms with E-state index in [2.05, 4.69) is 15.5 Å². The number of carbonyl (C=O) groups excluding carboxylic acids is 1. The largest absolute Gasteiger partial charge is 0.337 e. The lowest BCUT2D eigenvalue weighted by atomic mass is 10.0. The molecule has 2 amide bonds. The van der Waals surface area contributed by atoms with Crippen LogP contribution in [0.1, 0.15) is 42.3 Å². The Balaban J connectivity index is 1.55. The topological polar surface area (TPSA) is 71.3 Å². The first-order chi connectivity index (χ1) is 14.0. The Morgan fingerprint density at radius 1 is 1.17 bits per heavy atom. The number of nitrogens with zero attached hydrogens (tertiary/aromatic N) is 3. The van der Waals surface area contributed by atoms with E-state index >= 15 is 0 Å². The molecule has 6 nitrogen and oxygen atoms in total. The van der Waals surface area contributed by atoms with Gasteiger partial charge in [-0.05, 0) is 74.6 Å². The van der Waals surface area contributed by atoms with Crippen LogP contribution in [0.25, 0.3) is 11.4 Å². The first kappa shape index (κ1) is 19.5. The molecule has 2 aromatic carbocycles. The average Bonchev–Trinajstić information content (AvgIpc) is 3.22. The van der Waals surface area contributed by atoms with Gasteiger partial charge in [0, 0.05) is 22.8 Å². The summed E-state index contributed by atoms with van der Waals surface area (Å²) < 4.78 is 5.55. The molecule has 1 aliphatic heterocycles. The molecule has 150 valence electrons. The van der Waals surface area contributed by atoms with Crippen LogP contribution in [-0.4, -0.2) is 27.6 Å². The van der Waals surface area contributed by atoms with Gasteiger partial charge in [-0.1, -0.05) is 28.9 Å². The lowest BCUT2D eigenvalue weighted by molar-refractivity contribution is 0.142. The Morgan fingerprint density at radius 2 is 1.97 bits per heavy atom. The Morgan fingerprint density at radius 3 is 2.76 bits per heavy atom. The first-order valence-electron chi connectivity index (χ1n) is 9.76. The van der Waals surface area contributed by atoms with Crippen molar-refractivity contribution in [2.45, 2.75) is 39.2 Å². The van der Waals surface area contributed by atoms with Crippen LogP contribution in [0.5, 0.6) is 0 Å². The third-order valence-electron chi connectivity index (χ3n) is 5.44. The van der Waals surface area contributed by atoms with Crippen LogP contribution in [0.2, 0.25) is 5.02 Å². The fourth-order valence-corrected chi connectivity index (χ4v) is 3.72. The van der Waals surface area contributed by atoms with Crippen molar-refractivity contribution in [1.29, 1.82) is 0 Å². The zero-order valence-electron chi connectivity index (χ0n) is 16.5. The molecule has 1 N–H and O–H groups in total. The van der Waals surface area contributed by atoms with E-state index in [1.165, 1.54) is 0 Å². The van der Waals surface area contributed by atoms with Crippen molar-refractivity contribution < 1.29 is 9.32 Å². The van der Waals surface area contributed by atoms with E-state index in [4.69, 9.17) is 16.1 Å². The Kier molecular flexibility index (Phi) is 5.53. The maximum Gasteiger partial charge on any atom is 0.322 e. The molecular formula is C22H23ClN4O2. The first-order valence-corrected chi connectivity index (χ1v) is 10.1. The van der Waals surface area contributed by atoms with Crippen molar-refractivity contribution in [1.82, 2.24) is 15.0 Å². The summed E-state index contributed by atoms with van der Waals surface area (Å²) in [4.78, 5) is 19.4. The second kappa shape index (κ2) is 8.25. The number of piperidine rings is 1. The van der Waals surface area contributed by atoms with Crippen LogP contribution >= 0.6 is 11.6 Å². The van der Waals surface area contributed by atoms with E-state index in [1.807, 2.05) is 44.2 Å². The second-order valence-corrected chi connectivity index (χ2v) is 7.78. The lowest BCUT2D eigenvalue weighted by Gasteiger charge is -2.33. The molecule has 0 aliphatic carbocycles. The molecule has 0 unspecified atom stereocenters. The smallest absolute Gasteiger partial charge is 0.322 e. The van der Waals surface area contributed by atoms with Gasteiger partial charge in [-0.2, -0.15) is 4.98 Å². The van der Waals surface area contributed by atoms with Gasteiger partial charge in [0.05, 0.1) is 0 Å². The Bertz CT molecular complexity index is 1020. The number of carbonyl (C=O) groups is 1. The third-order valence-corrected chi connectivity index (χ3v) is 5.69. The molecule has 0 bridgehead atoms. The van der Waals surface area contributed by atoms with Gasteiger partial charge in [-0.3, -0.25) is 0 Å². The van der Waals surface area contributed by atoms with Crippen molar-refractivity contribution in [3.63, 3.8) is 0 Å². The van der Waals surface area contributed by atoms with Crippen molar-refractivity contribution in [2.75, 3.05) is 11.9 Å². The molecule has 1 fully saturated rings. The van der Waals surface area contributed by atoms with E-state index in [0.29, 0.717) is 23.3 Å². The van der Waals surface area contributed by atoms with Crippen LogP contribution in [0, 0.1) is 13.8 Å². The summed E-state index contributed by atoms with van der Waals surface area (Å²) in [5.74, 6) is 0.961. The second-order valence-electron chi connectivity index (χ2n) is 7.35. The minimum Gasteiger partial charge on any atom is -0.337 e. The van der Waals surface area contributed by atoms with Crippen molar-refractivity contribution in [3.8, 4) is 11.4 Å². The lowest BCUT2D eigenvalue weighted by Crippen LogP contribution is -2.41. The number of benzene rings is 2. The minimum atomic E-state index is -0.234. The van der Waals surface area contributed by atoms with Crippen LogP contribution in [0.4, 0.5) is 10.5 Å². The standard InChI is InChI=1S/C22H23ClN4O2/c1-14-6-5-7-18(15(14)2)24-22(28)27-13-4-3-8-19(27)21-25-20(26-29-21)16-9-11-17(23)12-10-16/h5-7,9-12,19H,3-4,8,13H2,1-2H3,(H,24,28)/t19-/m1/s1. The molecule has 2 heterocycles. The number of rotatable bonds is 3. The summed E-state index contributed by atoms with van der Waals surface area (Å²) in [5.41, 5.74) is 3.86. The number of aryl methyl sites for hydroxylation is 1. The zero-order valence-corrected chi connectivity index (χ0v) is 17.2. The monoisotopic (exact) mass is 410 g/mol. The van der Waals surface area contributed by atoms with Crippen LogP contribution in [-0.2, 0) is 0 Å². The number of aromatic nitrogens is 2. The number of likely N-dealkylation sites (tertiary alicyclic amines) is 1. The maximum atomic E-state index is 13.0. The number of urea groups is 1. The van der Waals surface area contributed by atoms with Crippen LogP contribution < -0.4 is 5.32 Å². The van der Waals surface area contributed by atoms with Gasteiger partial charge in [0.2, 0.25) is 11.7 Å². The summed E-state index contributed by atoms with van der Waals surface area (Å²) in [7, 11) is 0. The number of hydrogen-bond acceptors (Lipinski definition) is 4. The number of nitrogens with one attached hydrogen (secondary N) is 1. The summed E-state index contributed by atoms with van der Waals surface area (Å²) in [6.07, 6.45) is 2.76. The number of hydrogen-bond donors (Lipinski definition) is 1. The van der Waals surface area contributed by atoms with E-state index in [0.717, 1.165) is 41.6 Å². The van der Waals surface area contributed by atoms with Crippen molar-refractivity contribution in [2.24, 2.45) is 0 Å². The SMILES string of the molecule is Cc1cccc(NC(=O)N2CCCC[C@@H]2c2nc(-c3ccc(Cl)cc3)no2)c1C. The summed E-state index contributed by atoms with van der Waals surface area (Å²) >= 11 is 5.95. The predicted molar refractivity (Wildman–Crippen MR) is 113 cm³/mol. The summed E-state index contributed by atoms with van der Waals surface area (Å²) in [5, 5.41) is 7.81. The molecule has 0 spiro atoms. The molecule has 1 aromatic heterocycles. The molecule has 29 heavy (non-hydrogen) atoms. The van der Waals surface area contributed by atoms with Gasteiger partial charge in [-0.15, -0.1) is 0 Å². The molecule has 1 atom stereocenters. The molecule has 4 rings (SSSR count). The van der Waals surface area contributed by atoms with Crippen molar-refractivity contribution >= 4 is 23.3 Å². The highest BCUT2D eigenvalue weighted by molar-refractivity contribution is 6.30. The Hall–Kier alpha value is -2.86. The van der Waals surface area contributed by atoms with Crippen molar-refractivity contribution in [3.05, 3.63) is 64.5 Å². The molecule has 1 saturated heterocycles. The van der Waals surface area contributed by atoms with Gasteiger partial charge in [-0.25, -0.2) is 4.79 Å². The quantitative estimate of drug-likeness (QED) is 0.595. The number of amides is 2. The summed E-state index contributed by atoms with van der Waals surface area (Å²) in [6.45, 7) is 4.69. The number of anilines is 1. The van der Waals surface area contributed by atoms with Crippen LogP contribution in [0.3, 0.4) is 0 Å². The highest BCUT2D eigenvalue weighted by Crippen LogP contribution is 2.32. The molecule has 0 saturated carbocycles. The fraction of sp³-hybridized carbons (Fsp3) is 0.318. The Labute approximate surface area is 174 Å². The van der Waals surface area contributed by atoms with E-state index in [-0.39, 0.29) is 12.1 Å². The average molecular weight is 411 g/mol. The molecule has 0 radical (unpaired) electrons. The molecule has 1 aliphatic rings. The number of halogens is 1. The van der Waals surface area contributed by atoms with Gasteiger partial charge in [0.15, 0.2) is 0 Å². The van der Waals surface area contributed by atoms with E-state index in [9.17, 15) is 4.79 Å². The third kappa shape index (κ3) is 4.12. The molecule has 7 heteroatoms. The molecule has 3 aromatic rings. The normalized spacial score (nSPS) is 16.7. The summed E-state index contributed by atoms with van der Waals surface area (Å²) in [6, 6.07) is 12.8. The molecular weight excluding hydrogens is 388 g/mol. The van der Waals surface area contributed by atoms with Crippen LogP contribution in [0.15, 0.2) is 47.0 Å². The van der Waals surface area contributed by atoms with Gasteiger partial charge in [0.1, 0.15) is 6.04 Å². The predicted octanol–water partition coefficient (Wildman–Crippen LogP) is 5.77. The van der Waals surface area contributed by atoms with E-state index < -0.39 is 0 Å². The van der Waals surface area contributed by atoms with Gasteiger partial charge >= 0.3 is 6.03 Å². The van der Waals surface area contributed by atoms with E-state index in [1.54, 1.807) is 17.0 Å². The highest BCUT2D eigenvalue weighted by Gasteiger charge is 2.32. The highest BCUT2D eigenvalue weighted by atomic mass is 35.5.